The van der Waals surface area contributed by atoms with E-state index in [0.29, 0.717) is 26.1 Å². The van der Waals surface area contributed by atoms with E-state index in [-0.39, 0.29) is 6.03 Å². The van der Waals surface area contributed by atoms with Crippen LogP contribution < -0.4 is 0 Å². The summed E-state index contributed by atoms with van der Waals surface area (Å²) < 4.78 is 0. The average molecular weight is 276 g/mol. The molecule has 5 nitrogen and oxygen atoms in total. The van der Waals surface area contributed by atoms with Crippen molar-refractivity contribution in [1.29, 1.82) is 0 Å². The Morgan fingerprint density at radius 3 is 2.70 bits per heavy atom. The molecule has 1 N–H and O–H groups in total. The molecule has 2 rings (SSSR count). The molecule has 1 saturated heterocycles. The number of hydrogen-bond acceptors (Lipinski definition) is 2. The number of amides is 2. The van der Waals surface area contributed by atoms with Gasteiger partial charge in [0.2, 0.25) is 0 Å². The van der Waals surface area contributed by atoms with Gasteiger partial charge in [-0.15, -0.1) is 0 Å². The van der Waals surface area contributed by atoms with Gasteiger partial charge >= 0.3 is 12.0 Å². The van der Waals surface area contributed by atoms with Gasteiger partial charge in [0.15, 0.2) is 0 Å². The lowest BCUT2D eigenvalue weighted by atomic mass is 9.99. The maximum absolute atomic E-state index is 12.3. The molecule has 20 heavy (non-hydrogen) atoms. The van der Waals surface area contributed by atoms with Gasteiger partial charge in [0, 0.05) is 26.7 Å². The summed E-state index contributed by atoms with van der Waals surface area (Å²) in [4.78, 5) is 26.6. The lowest BCUT2D eigenvalue weighted by Gasteiger charge is -2.33. The molecule has 1 aromatic carbocycles. The Morgan fingerprint density at radius 2 is 2.05 bits per heavy atom. The molecular weight excluding hydrogens is 256 g/mol. The van der Waals surface area contributed by atoms with Crippen molar-refractivity contribution in [1.82, 2.24) is 9.80 Å². The van der Waals surface area contributed by atoms with E-state index >= 15 is 0 Å². The third kappa shape index (κ3) is 3.50. The van der Waals surface area contributed by atoms with Crippen LogP contribution in [-0.2, 0) is 11.3 Å². The van der Waals surface area contributed by atoms with Gasteiger partial charge in [0.05, 0.1) is 5.92 Å². The highest BCUT2D eigenvalue weighted by molar-refractivity contribution is 5.76. The molecule has 0 aliphatic carbocycles. The van der Waals surface area contributed by atoms with Gasteiger partial charge < -0.3 is 14.9 Å². The van der Waals surface area contributed by atoms with Crippen molar-refractivity contribution in [2.45, 2.75) is 19.4 Å². The van der Waals surface area contributed by atoms with Crippen LogP contribution in [0.3, 0.4) is 0 Å². The fourth-order valence-electron chi connectivity index (χ4n) is 2.52. The van der Waals surface area contributed by atoms with E-state index in [0.717, 1.165) is 12.0 Å². The first-order valence-electron chi connectivity index (χ1n) is 6.84. The summed E-state index contributed by atoms with van der Waals surface area (Å²) in [6.45, 7) is 1.49. The minimum absolute atomic E-state index is 0.0974. The van der Waals surface area contributed by atoms with E-state index in [1.54, 1.807) is 16.8 Å². The average Bonchev–Trinajstić information content (AvgIpc) is 2.47. The predicted molar refractivity (Wildman–Crippen MR) is 75.2 cm³/mol. The summed E-state index contributed by atoms with van der Waals surface area (Å²) in [6.07, 6.45) is 1.41. The maximum atomic E-state index is 12.3. The van der Waals surface area contributed by atoms with Crippen molar-refractivity contribution >= 4 is 12.0 Å². The molecule has 0 bridgehead atoms. The third-order valence-electron chi connectivity index (χ3n) is 3.63. The number of carboxylic acids is 1. The molecule has 1 aliphatic rings. The van der Waals surface area contributed by atoms with Crippen molar-refractivity contribution < 1.29 is 14.7 Å². The molecule has 1 aliphatic heterocycles. The van der Waals surface area contributed by atoms with Crippen LogP contribution in [0.15, 0.2) is 30.3 Å². The molecule has 1 fully saturated rings. The smallest absolute Gasteiger partial charge is 0.320 e. The first kappa shape index (κ1) is 14.4. The highest BCUT2D eigenvalue weighted by Crippen LogP contribution is 2.18. The van der Waals surface area contributed by atoms with E-state index in [4.69, 9.17) is 5.11 Å². The molecular formula is C15H20N2O3. The monoisotopic (exact) mass is 276 g/mol. The first-order chi connectivity index (χ1) is 9.58. The second kappa shape index (κ2) is 6.41. The first-order valence-corrected chi connectivity index (χ1v) is 6.84. The highest BCUT2D eigenvalue weighted by atomic mass is 16.4. The van der Waals surface area contributed by atoms with Gasteiger partial charge in [0.1, 0.15) is 0 Å². The number of nitrogens with zero attached hydrogens (tertiary/aromatic N) is 2. The fraction of sp³-hybridized carbons (Fsp3) is 0.467. The topological polar surface area (TPSA) is 60.9 Å². The summed E-state index contributed by atoms with van der Waals surface area (Å²) in [7, 11) is 1.75. The van der Waals surface area contributed by atoms with Gasteiger partial charge in [-0.3, -0.25) is 4.79 Å². The Bertz CT molecular complexity index is 475. The predicted octanol–water partition coefficient (Wildman–Crippen LogP) is 2.04. The van der Waals surface area contributed by atoms with Crippen LogP contribution in [-0.4, -0.2) is 47.0 Å². The maximum Gasteiger partial charge on any atom is 0.320 e. The van der Waals surface area contributed by atoms with Crippen molar-refractivity contribution in [3.05, 3.63) is 35.9 Å². The molecule has 2 amide bonds. The number of hydrogen-bond donors (Lipinski definition) is 1. The van der Waals surface area contributed by atoms with Crippen molar-refractivity contribution in [3.63, 3.8) is 0 Å². The summed E-state index contributed by atoms with van der Waals surface area (Å²) in [6, 6.07) is 9.66. The number of likely N-dealkylation sites (tertiary alicyclic amines) is 1. The third-order valence-corrected chi connectivity index (χ3v) is 3.63. The normalized spacial score (nSPS) is 18.6. The van der Waals surface area contributed by atoms with Gasteiger partial charge in [-0.2, -0.15) is 0 Å². The molecule has 1 aromatic rings. The number of carbonyl (C=O) groups excluding carboxylic acids is 1. The number of benzene rings is 1. The lowest BCUT2D eigenvalue weighted by Crippen LogP contribution is -2.47. The Kier molecular flexibility index (Phi) is 4.61. The lowest BCUT2D eigenvalue weighted by molar-refractivity contribution is -0.143. The Labute approximate surface area is 118 Å². The minimum Gasteiger partial charge on any atom is -0.481 e. The van der Waals surface area contributed by atoms with Crippen LogP contribution in [0.25, 0.3) is 0 Å². The van der Waals surface area contributed by atoms with Crippen LogP contribution >= 0.6 is 0 Å². The standard InChI is InChI=1S/C15H20N2O3/c1-16(10-12-6-3-2-4-7-12)15(20)17-9-5-8-13(11-17)14(18)19/h2-4,6-7,13H,5,8-11H2,1H3,(H,18,19)/t13-/m1/s1. The number of piperidine rings is 1. The fourth-order valence-corrected chi connectivity index (χ4v) is 2.52. The Balaban J connectivity index is 1.94. The Morgan fingerprint density at radius 1 is 1.35 bits per heavy atom. The molecule has 0 saturated carbocycles. The second-order valence-corrected chi connectivity index (χ2v) is 5.25. The SMILES string of the molecule is CN(Cc1ccccc1)C(=O)N1CCC[C@@H](C(=O)O)C1. The van der Waals surface area contributed by atoms with E-state index in [2.05, 4.69) is 0 Å². The number of urea groups is 1. The zero-order chi connectivity index (χ0) is 14.5. The van der Waals surface area contributed by atoms with Crippen molar-refractivity contribution in [2.75, 3.05) is 20.1 Å². The molecule has 0 spiro atoms. The number of carbonyl (C=O) groups is 2. The number of rotatable bonds is 3. The van der Waals surface area contributed by atoms with E-state index < -0.39 is 11.9 Å². The minimum atomic E-state index is -0.812. The molecule has 1 heterocycles. The molecule has 0 radical (unpaired) electrons. The second-order valence-electron chi connectivity index (χ2n) is 5.25. The van der Waals surface area contributed by atoms with E-state index in [1.807, 2.05) is 30.3 Å². The van der Waals surface area contributed by atoms with E-state index in [1.165, 1.54) is 0 Å². The number of aliphatic carboxylic acids is 1. The molecule has 1 atom stereocenters. The van der Waals surface area contributed by atoms with Crippen LogP contribution in [0.1, 0.15) is 18.4 Å². The van der Waals surface area contributed by atoms with Gasteiger partial charge in [-0.25, -0.2) is 4.79 Å². The van der Waals surface area contributed by atoms with Crippen LogP contribution in [0.5, 0.6) is 0 Å². The Hall–Kier alpha value is -2.04. The van der Waals surface area contributed by atoms with Crippen LogP contribution in [0.4, 0.5) is 4.79 Å². The van der Waals surface area contributed by atoms with Gasteiger partial charge in [0.25, 0.3) is 0 Å². The number of carboxylic acid groups (broad SMARTS) is 1. The zero-order valence-corrected chi connectivity index (χ0v) is 11.7. The molecule has 0 aromatic heterocycles. The van der Waals surface area contributed by atoms with E-state index in [9.17, 15) is 9.59 Å². The summed E-state index contributed by atoms with van der Waals surface area (Å²) in [5, 5.41) is 9.06. The van der Waals surface area contributed by atoms with Crippen molar-refractivity contribution in [2.24, 2.45) is 5.92 Å². The summed E-state index contributed by atoms with van der Waals surface area (Å²) in [5.41, 5.74) is 1.06. The summed E-state index contributed by atoms with van der Waals surface area (Å²) in [5.74, 6) is -1.24. The van der Waals surface area contributed by atoms with Gasteiger partial charge in [-0.1, -0.05) is 30.3 Å². The van der Waals surface area contributed by atoms with Crippen molar-refractivity contribution in [3.8, 4) is 0 Å². The van der Waals surface area contributed by atoms with Crippen LogP contribution in [0, 0.1) is 5.92 Å². The molecule has 108 valence electrons. The van der Waals surface area contributed by atoms with Gasteiger partial charge in [-0.05, 0) is 18.4 Å². The summed E-state index contributed by atoms with van der Waals surface area (Å²) >= 11 is 0. The molecule has 5 heteroatoms. The quantitative estimate of drug-likeness (QED) is 0.919. The largest absolute Gasteiger partial charge is 0.481 e. The zero-order valence-electron chi connectivity index (χ0n) is 11.7. The highest BCUT2D eigenvalue weighted by Gasteiger charge is 2.29. The molecule has 0 unspecified atom stereocenters. The van der Waals surface area contributed by atoms with Crippen LogP contribution in [0.2, 0.25) is 0 Å².